The molecule has 0 aromatic heterocycles. The molecule has 1 fully saturated rings. The van der Waals surface area contributed by atoms with Gasteiger partial charge in [-0.2, -0.15) is 0 Å². The Morgan fingerprint density at radius 1 is 0.692 bits per heavy atom. The molecule has 1 unspecified atom stereocenters. The second kappa shape index (κ2) is 5.05. The van der Waals surface area contributed by atoms with Crippen LogP contribution in [0.5, 0.6) is 5.75 Å². The lowest BCUT2D eigenvalue weighted by Crippen LogP contribution is -2.30. The smallest absolute Gasteiger partial charge is 0.123 e. The fourth-order valence-corrected chi connectivity index (χ4v) is 6.83. The molecule has 0 amide bonds. The maximum Gasteiger partial charge on any atom is 0.123 e. The van der Waals surface area contributed by atoms with Crippen LogP contribution in [0.25, 0.3) is 12.2 Å². The second-order valence-electron chi connectivity index (χ2n) is 7.21. The highest BCUT2D eigenvalue weighted by molar-refractivity contribution is 8.08. The summed E-state index contributed by atoms with van der Waals surface area (Å²) in [7, 11) is 0. The van der Waals surface area contributed by atoms with E-state index in [1.807, 2.05) is 0 Å². The van der Waals surface area contributed by atoms with Crippen molar-refractivity contribution in [3.8, 4) is 5.75 Å². The quantitative estimate of drug-likeness (QED) is 0.469. The van der Waals surface area contributed by atoms with E-state index in [1.54, 1.807) is 0 Å². The third-order valence-corrected chi connectivity index (χ3v) is 7.98. The zero-order valence-corrected chi connectivity index (χ0v) is 15.1. The highest BCUT2D eigenvalue weighted by Gasteiger charge is 2.73. The number of benzene rings is 3. The molecule has 3 aliphatic rings. The van der Waals surface area contributed by atoms with Gasteiger partial charge in [-0.25, -0.2) is 0 Å². The van der Waals surface area contributed by atoms with Gasteiger partial charge in [-0.1, -0.05) is 78.9 Å². The molecular formula is C24H18OS. The van der Waals surface area contributed by atoms with Gasteiger partial charge in [0.05, 0.1) is 16.1 Å². The molecule has 126 valence electrons. The zero-order valence-electron chi connectivity index (χ0n) is 14.3. The average molecular weight is 354 g/mol. The molecule has 2 heterocycles. The first-order chi connectivity index (χ1) is 12.9. The molecule has 1 saturated heterocycles. The van der Waals surface area contributed by atoms with Crippen molar-refractivity contribution in [2.45, 2.75) is 15.9 Å². The Morgan fingerprint density at radius 3 is 1.96 bits per heavy atom. The average Bonchev–Trinajstić information content (AvgIpc) is 3.39. The summed E-state index contributed by atoms with van der Waals surface area (Å²) in [6.07, 6.45) is 5.60. The molecule has 0 saturated carbocycles. The maximum absolute atomic E-state index is 6.01. The first kappa shape index (κ1) is 14.7. The van der Waals surface area contributed by atoms with Gasteiger partial charge < -0.3 is 4.74 Å². The molecule has 26 heavy (non-hydrogen) atoms. The third kappa shape index (κ3) is 1.68. The molecule has 0 bridgehead atoms. The lowest BCUT2D eigenvalue weighted by Gasteiger charge is -2.31. The van der Waals surface area contributed by atoms with Crippen LogP contribution < -0.4 is 4.74 Å². The summed E-state index contributed by atoms with van der Waals surface area (Å²) < 4.78 is 6.03. The molecule has 1 atom stereocenters. The summed E-state index contributed by atoms with van der Waals surface area (Å²) in [4.78, 5) is 0. The van der Waals surface area contributed by atoms with Crippen LogP contribution >= 0.6 is 11.8 Å². The van der Waals surface area contributed by atoms with Crippen molar-refractivity contribution < 1.29 is 4.74 Å². The molecule has 0 N–H and O–H groups in total. The number of hydrogen-bond acceptors (Lipinski definition) is 2. The van der Waals surface area contributed by atoms with Gasteiger partial charge in [0, 0.05) is 12.0 Å². The first-order valence-corrected chi connectivity index (χ1v) is 9.96. The Morgan fingerprint density at radius 2 is 1.27 bits per heavy atom. The van der Waals surface area contributed by atoms with Crippen LogP contribution in [0.15, 0.2) is 72.8 Å². The predicted molar refractivity (Wildman–Crippen MR) is 108 cm³/mol. The summed E-state index contributed by atoms with van der Waals surface area (Å²) in [6, 6.07) is 26.4. The van der Waals surface area contributed by atoms with E-state index in [1.165, 1.54) is 27.8 Å². The largest absolute Gasteiger partial charge is 0.493 e. The number of fused-ring (bicyclic) bond motifs is 7. The Kier molecular flexibility index (Phi) is 2.85. The Labute approximate surface area is 157 Å². The van der Waals surface area contributed by atoms with Gasteiger partial charge in [-0.15, -0.1) is 11.8 Å². The molecule has 1 aliphatic carbocycles. The minimum absolute atomic E-state index is 0.0381. The zero-order chi connectivity index (χ0) is 17.2. The highest BCUT2D eigenvalue weighted by Crippen LogP contribution is 2.82. The van der Waals surface area contributed by atoms with E-state index in [4.69, 9.17) is 4.74 Å². The Hall–Kier alpha value is -2.45. The molecule has 6 rings (SSSR count). The fourth-order valence-electron chi connectivity index (χ4n) is 4.87. The minimum Gasteiger partial charge on any atom is -0.493 e. The van der Waals surface area contributed by atoms with Crippen molar-refractivity contribution in [3.05, 3.63) is 101 Å². The van der Waals surface area contributed by atoms with E-state index < -0.39 is 0 Å². The second-order valence-corrected chi connectivity index (χ2v) is 8.73. The van der Waals surface area contributed by atoms with Crippen molar-refractivity contribution in [3.63, 3.8) is 0 Å². The normalized spacial score (nSPS) is 23.5. The van der Waals surface area contributed by atoms with Crippen LogP contribution in [-0.2, 0) is 9.49 Å². The summed E-state index contributed by atoms with van der Waals surface area (Å²) in [5.74, 6) is 1.05. The van der Waals surface area contributed by atoms with Gasteiger partial charge in [-0.3, -0.25) is 0 Å². The number of rotatable bonds is 0. The van der Waals surface area contributed by atoms with Gasteiger partial charge >= 0.3 is 0 Å². The molecule has 2 heteroatoms. The number of hydrogen-bond donors (Lipinski definition) is 0. The van der Waals surface area contributed by atoms with Crippen molar-refractivity contribution in [2.75, 3.05) is 6.61 Å². The molecule has 2 aliphatic heterocycles. The molecule has 2 spiro atoms. The SMILES string of the molecule is C1=Cc2ccccc2C2(SC23CCOc2ccccc23)c2ccccc21. The van der Waals surface area contributed by atoms with Gasteiger partial charge in [-0.05, 0) is 28.3 Å². The minimum atomic E-state index is -0.0381. The maximum atomic E-state index is 6.01. The van der Waals surface area contributed by atoms with E-state index in [0.717, 1.165) is 18.8 Å². The van der Waals surface area contributed by atoms with Crippen molar-refractivity contribution in [2.24, 2.45) is 0 Å². The molecular weight excluding hydrogens is 336 g/mol. The van der Waals surface area contributed by atoms with Crippen LogP contribution in [0, 0.1) is 0 Å². The van der Waals surface area contributed by atoms with Crippen LogP contribution in [-0.4, -0.2) is 6.61 Å². The predicted octanol–water partition coefficient (Wildman–Crippen LogP) is 5.84. The molecule has 3 aromatic carbocycles. The summed E-state index contributed by atoms with van der Waals surface area (Å²) in [5, 5.41) is 0. The summed E-state index contributed by atoms with van der Waals surface area (Å²) in [5.41, 5.74) is 6.88. The van der Waals surface area contributed by atoms with E-state index >= 15 is 0 Å². The lowest BCUT2D eigenvalue weighted by atomic mass is 9.73. The molecule has 0 radical (unpaired) electrons. The van der Waals surface area contributed by atoms with Crippen LogP contribution in [0.2, 0.25) is 0 Å². The van der Waals surface area contributed by atoms with Gasteiger partial charge in [0.25, 0.3) is 0 Å². The van der Waals surface area contributed by atoms with Gasteiger partial charge in [0.15, 0.2) is 0 Å². The van der Waals surface area contributed by atoms with E-state index in [9.17, 15) is 0 Å². The van der Waals surface area contributed by atoms with Gasteiger partial charge in [0.1, 0.15) is 5.75 Å². The fraction of sp³-hybridized carbons (Fsp3) is 0.167. The lowest BCUT2D eigenvalue weighted by molar-refractivity contribution is 0.258. The molecule has 3 aromatic rings. The Bertz CT molecular complexity index is 1020. The van der Waals surface area contributed by atoms with Crippen molar-refractivity contribution >= 4 is 23.9 Å². The first-order valence-electron chi connectivity index (χ1n) is 9.15. The number of para-hydroxylation sites is 1. The number of thioether (sulfide) groups is 1. The summed E-state index contributed by atoms with van der Waals surface area (Å²) in [6.45, 7) is 0.781. The van der Waals surface area contributed by atoms with E-state index in [-0.39, 0.29) is 9.49 Å². The van der Waals surface area contributed by atoms with Crippen molar-refractivity contribution in [1.29, 1.82) is 0 Å². The van der Waals surface area contributed by atoms with E-state index in [2.05, 4.69) is 96.7 Å². The van der Waals surface area contributed by atoms with E-state index in [0.29, 0.717) is 0 Å². The Balaban J connectivity index is 1.69. The number of ether oxygens (including phenoxy) is 1. The molecule has 1 nitrogen and oxygen atoms in total. The monoisotopic (exact) mass is 354 g/mol. The summed E-state index contributed by atoms with van der Waals surface area (Å²) >= 11 is 2.10. The van der Waals surface area contributed by atoms with Gasteiger partial charge in [0.2, 0.25) is 0 Å². The van der Waals surface area contributed by atoms with Crippen LogP contribution in [0.4, 0.5) is 0 Å². The topological polar surface area (TPSA) is 9.23 Å². The van der Waals surface area contributed by atoms with Crippen LogP contribution in [0.1, 0.15) is 34.2 Å². The van der Waals surface area contributed by atoms with Crippen molar-refractivity contribution in [1.82, 2.24) is 0 Å². The standard InChI is InChI=1S/C24H18OS/c1-3-9-19-17(7-1)13-14-18-8-2-4-10-20(18)24(19)23(26-24)15-16-25-22-12-6-5-11-21(22)23/h1-14H,15-16H2. The third-order valence-electron chi connectivity index (χ3n) is 6.01. The van der Waals surface area contributed by atoms with Crippen LogP contribution in [0.3, 0.4) is 0 Å². The highest BCUT2D eigenvalue weighted by atomic mass is 32.2.